The minimum atomic E-state index is 0. The van der Waals surface area contributed by atoms with Crippen LogP contribution in [0.3, 0.4) is 0 Å². The maximum absolute atomic E-state index is 3.52. The van der Waals surface area contributed by atoms with Gasteiger partial charge in [0.1, 0.15) is 0 Å². The first kappa shape index (κ1) is 9.51. The van der Waals surface area contributed by atoms with Crippen molar-refractivity contribution >= 4 is 0 Å². The van der Waals surface area contributed by atoms with Crippen molar-refractivity contribution in [2.45, 2.75) is 13.8 Å². The van der Waals surface area contributed by atoms with Gasteiger partial charge in [-0.05, 0) is 0 Å². The molecule has 6 heavy (non-hydrogen) atoms. The molecule has 0 aromatic rings. The smallest absolute Gasteiger partial charge is 0.245 e. The molecule has 30 valence electrons. The average molecular weight is 76.1 g/mol. The van der Waals surface area contributed by atoms with Crippen LogP contribution in [0.2, 0.25) is 0 Å². The summed E-state index contributed by atoms with van der Waals surface area (Å²) in [4.78, 5) is 0. The molecule has 0 aliphatic heterocycles. The summed E-state index contributed by atoms with van der Waals surface area (Å²) in [5.41, 5.74) is 1.27. The molecule has 0 fully saturated rings. The Morgan fingerprint density at radius 1 is 1.50 bits per heavy atom. The van der Waals surface area contributed by atoms with E-state index in [1.807, 2.05) is 19.9 Å². The molecule has 1 heteroatoms. The molecule has 0 N–H and O–H groups in total. The Bertz CT molecular complexity index is 41.9. The summed E-state index contributed by atoms with van der Waals surface area (Å²) >= 11 is 0. The Hall–Kier alpha value is 0.207. The van der Waals surface area contributed by atoms with Crippen LogP contribution in [0.4, 0.5) is 0 Å². The molecule has 0 atom stereocenters. The minimum absolute atomic E-state index is 0. The third-order valence-electron chi connectivity index (χ3n) is 0.408. The molecule has 0 unspecified atom stereocenters. The minimum Gasteiger partial charge on any atom is -0.245 e. The van der Waals surface area contributed by atoms with E-state index in [1.54, 1.807) is 0 Å². The quantitative estimate of drug-likeness (QED) is 0.251. The largest absolute Gasteiger partial charge is 1.00 e. The van der Waals surface area contributed by atoms with Crippen LogP contribution in [0.15, 0.2) is 11.6 Å². The summed E-state index contributed by atoms with van der Waals surface area (Å²) in [6.07, 6.45) is 1.83. The number of hydrogen-bond acceptors (Lipinski definition) is 0. The normalized spacial score (nSPS) is 5.67. The van der Waals surface area contributed by atoms with E-state index >= 15 is 0 Å². The Balaban J connectivity index is 0. The average Bonchev–Trinajstić information content (AvgIpc) is 1.38. The summed E-state index contributed by atoms with van der Waals surface area (Å²) in [6, 6.07) is 0. The fourth-order valence-corrected chi connectivity index (χ4v) is 0. The van der Waals surface area contributed by atoms with Crippen molar-refractivity contribution in [2.75, 3.05) is 0 Å². The third kappa shape index (κ3) is 8.88. The van der Waals surface area contributed by atoms with Gasteiger partial charge in [0.05, 0.1) is 0 Å². The van der Waals surface area contributed by atoms with Gasteiger partial charge in [-0.15, -0.1) is 13.8 Å². The first-order valence-corrected chi connectivity index (χ1v) is 1.70. The summed E-state index contributed by atoms with van der Waals surface area (Å²) in [6.45, 7) is 7.56. The van der Waals surface area contributed by atoms with E-state index in [1.165, 1.54) is 5.57 Å². The summed E-state index contributed by atoms with van der Waals surface area (Å²) in [7, 11) is 0. The van der Waals surface area contributed by atoms with Crippen molar-refractivity contribution in [3.63, 3.8) is 0 Å². The van der Waals surface area contributed by atoms with Crippen LogP contribution in [0, 0.1) is 6.92 Å². The van der Waals surface area contributed by atoms with E-state index in [-0.39, 0.29) is 18.9 Å². The van der Waals surface area contributed by atoms with Crippen molar-refractivity contribution < 1.29 is 18.9 Å². The van der Waals surface area contributed by atoms with Crippen LogP contribution in [0.25, 0.3) is 0 Å². The second kappa shape index (κ2) is 5.21. The Morgan fingerprint density at radius 3 is 1.67 bits per heavy atom. The van der Waals surface area contributed by atoms with Crippen molar-refractivity contribution in [1.29, 1.82) is 0 Å². The molecule has 0 aromatic carbocycles. The van der Waals surface area contributed by atoms with Gasteiger partial charge in [-0.3, -0.25) is 0 Å². The van der Waals surface area contributed by atoms with Gasteiger partial charge >= 0.3 is 18.9 Å². The molecule has 0 aliphatic rings. The number of hydrogen-bond donors (Lipinski definition) is 0. The predicted molar refractivity (Wildman–Crippen MR) is 24.8 cm³/mol. The van der Waals surface area contributed by atoms with E-state index in [4.69, 9.17) is 0 Å². The van der Waals surface area contributed by atoms with Gasteiger partial charge < -0.3 is 0 Å². The van der Waals surface area contributed by atoms with E-state index in [9.17, 15) is 0 Å². The van der Waals surface area contributed by atoms with Gasteiger partial charge in [0.2, 0.25) is 0 Å². The second-order valence-electron chi connectivity index (χ2n) is 1.28. The molecule has 0 bridgehead atoms. The van der Waals surface area contributed by atoms with Crippen molar-refractivity contribution in [3.8, 4) is 0 Å². The predicted octanol–water partition coefficient (Wildman–Crippen LogP) is -1.21. The van der Waals surface area contributed by atoms with Crippen molar-refractivity contribution in [1.82, 2.24) is 0 Å². The topological polar surface area (TPSA) is 0 Å². The first-order chi connectivity index (χ1) is 2.27. The van der Waals surface area contributed by atoms with Crippen LogP contribution in [0.1, 0.15) is 13.8 Å². The molecule has 0 aliphatic carbocycles. The van der Waals surface area contributed by atoms with Crippen LogP contribution in [0.5, 0.6) is 0 Å². The van der Waals surface area contributed by atoms with Gasteiger partial charge in [0.25, 0.3) is 0 Å². The SMILES string of the molecule is [CH2-]C=C(C)C.[Li+]. The fraction of sp³-hybridized carbons (Fsp3) is 0.400. The molecule has 0 radical (unpaired) electrons. The van der Waals surface area contributed by atoms with Crippen LogP contribution in [-0.2, 0) is 0 Å². The molecule has 0 saturated carbocycles. The van der Waals surface area contributed by atoms with Gasteiger partial charge in [-0.25, -0.2) is 18.6 Å². The Kier molecular flexibility index (Phi) is 8.25. The Morgan fingerprint density at radius 2 is 1.67 bits per heavy atom. The molecule has 0 spiro atoms. The van der Waals surface area contributed by atoms with E-state index in [0.717, 1.165) is 0 Å². The molecule has 0 heterocycles. The van der Waals surface area contributed by atoms with Gasteiger partial charge in [-0.2, -0.15) is 0 Å². The standard InChI is InChI=1S/C5H9.Li/c1-4-5(2)3;/h4H,1H2,2-3H3;/q-1;+1. The monoisotopic (exact) mass is 76.1 g/mol. The second-order valence-corrected chi connectivity index (χ2v) is 1.28. The molecule has 0 aromatic heterocycles. The molecular weight excluding hydrogens is 67.0 g/mol. The van der Waals surface area contributed by atoms with Gasteiger partial charge in [-0.1, -0.05) is 0 Å². The summed E-state index contributed by atoms with van der Waals surface area (Å²) < 4.78 is 0. The van der Waals surface area contributed by atoms with E-state index in [0.29, 0.717) is 0 Å². The van der Waals surface area contributed by atoms with Crippen LogP contribution >= 0.6 is 0 Å². The van der Waals surface area contributed by atoms with Crippen molar-refractivity contribution in [2.24, 2.45) is 0 Å². The van der Waals surface area contributed by atoms with E-state index < -0.39 is 0 Å². The number of rotatable bonds is 0. The van der Waals surface area contributed by atoms with Crippen molar-refractivity contribution in [3.05, 3.63) is 18.6 Å². The molecule has 0 rings (SSSR count). The first-order valence-electron chi connectivity index (χ1n) is 1.70. The fourth-order valence-electron chi connectivity index (χ4n) is 0. The Labute approximate surface area is 51.8 Å². The zero-order valence-corrected chi connectivity index (χ0v) is 4.78. The van der Waals surface area contributed by atoms with Gasteiger partial charge in [0, 0.05) is 0 Å². The molecule has 0 amide bonds. The van der Waals surface area contributed by atoms with E-state index in [2.05, 4.69) is 6.92 Å². The molecule has 0 saturated heterocycles. The van der Waals surface area contributed by atoms with Crippen LogP contribution < -0.4 is 18.9 Å². The zero-order chi connectivity index (χ0) is 4.28. The maximum Gasteiger partial charge on any atom is 1.00 e. The molecular formula is C5H9Li. The van der Waals surface area contributed by atoms with Crippen LogP contribution in [-0.4, -0.2) is 0 Å². The third-order valence-corrected chi connectivity index (χ3v) is 0.408. The summed E-state index contributed by atoms with van der Waals surface area (Å²) in [5, 5.41) is 0. The maximum atomic E-state index is 3.52. The number of allylic oxidation sites excluding steroid dienone is 2. The van der Waals surface area contributed by atoms with Gasteiger partial charge in [0.15, 0.2) is 0 Å². The summed E-state index contributed by atoms with van der Waals surface area (Å²) in [5.74, 6) is 0. The zero-order valence-electron chi connectivity index (χ0n) is 4.78. The molecule has 0 nitrogen and oxygen atoms in total.